The zero-order valence-corrected chi connectivity index (χ0v) is 18.4. The number of thiophene rings is 1. The number of hydrogen-bond donors (Lipinski definition) is 3. The summed E-state index contributed by atoms with van der Waals surface area (Å²) >= 11 is 1.35. The monoisotopic (exact) mass is 423 g/mol. The van der Waals surface area contributed by atoms with Gasteiger partial charge in [0.05, 0.1) is 4.88 Å². The summed E-state index contributed by atoms with van der Waals surface area (Å²) in [5.74, 6) is -0.0132. The second-order valence-corrected chi connectivity index (χ2v) is 8.29. The van der Waals surface area contributed by atoms with E-state index in [1.165, 1.54) is 16.9 Å². The molecule has 5 nitrogen and oxygen atoms in total. The number of carbonyl (C=O) groups excluding carboxylic acids is 2. The minimum atomic E-state index is -0.602. The number of rotatable bonds is 8. The zero-order chi connectivity index (χ0) is 20.0. The molecular weight excluding hydrogens is 394 g/mol. The van der Waals surface area contributed by atoms with E-state index in [-0.39, 0.29) is 36.2 Å². The molecule has 0 aliphatic rings. The molecular formula is C21H30ClN3O2S. The number of hydrogen-bond acceptors (Lipinski definition) is 4. The van der Waals surface area contributed by atoms with Crippen LogP contribution in [0.1, 0.15) is 60.5 Å². The first-order valence-electron chi connectivity index (χ1n) is 9.27. The third-order valence-corrected chi connectivity index (χ3v) is 5.38. The molecule has 2 rings (SSSR count). The number of benzene rings is 1. The van der Waals surface area contributed by atoms with Crippen LogP contribution in [-0.4, -0.2) is 24.4 Å². The van der Waals surface area contributed by atoms with Crippen LogP contribution in [0, 0.1) is 5.92 Å². The molecule has 2 unspecified atom stereocenters. The standard InChI is InChI=1S/C21H29N3O2S.ClH/c1-13(2)15-7-9-16(10-8-15)17(22)12-23-21(26)19(14(3)4)24-20(25)18-6-5-11-27-18;/h5-11,13-14,17,19H,12,22H2,1-4H3,(H,23,26)(H,24,25);1H. The van der Waals surface area contributed by atoms with Gasteiger partial charge in [-0.15, -0.1) is 23.7 Å². The highest BCUT2D eigenvalue weighted by Crippen LogP contribution is 2.17. The van der Waals surface area contributed by atoms with Gasteiger partial charge in [0, 0.05) is 12.6 Å². The van der Waals surface area contributed by atoms with E-state index in [1.54, 1.807) is 6.07 Å². The lowest BCUT2D eigenvalue weighted by Gasteiger charge is -2.22. The minimum Gasteiger partial charge on any atom is -0.352 e. The van der Waals surface area contributed by atoms with Crippen molar-refractivity contribution in [3.05, 3.63) is 57.8 Å². The molecule has 0 saturated carbocycles. The molecule has 0 radical (unpaired) electrons. The number of nitrogens with one attached hydrogen (secondary N) is 2. The van der Waals surface area contributed by atoms with Crippen molar-refractivity contribution in [3.63, 3.8) is 0 Å². The minimum absolute atomic E-state index is 0. The van der Waals surface area contributed by atoms with Gasteiger partial charge in [0.25, 0.3) is 5.91 Å². The Hall–Kier alpha value is -1.89. The molecule has 1 aromatic heterocycles. The molecule has 1 heterocycles. The highest BCUT2D eigenvalue weighted by molar-refractivity contribution is 7.12. The maximum Gasteiger partial charge on any atom is 0.262 e. The van der Waals surface area contributed by atoms with E-state index in [4.69, 9.17) is 5.73 Å². The molecule has 2 amide bonds. The quantitative estimate of drug-likeness (QED) is 0.602. The summed E-state index contributed by atoms with van der Waals surface area (Å²) < 4.78 is 0. The first-order valence-corrected chi connectivity index (χ1v) is 10.1. The van der Waals surface area contributed by atoms with Gasteiger partial charge < -0.3 is 16.4 Å². The van der Waals surface area contributed by atoms with Crippen molar-refractivity contribution in [1.29, 1.82) is 0 Å². The average Bonchev–Trinajstić information content (AvgIpc) is 3.18. The van der Waals surface area contributed by atoms with Crippen LogP contribution in [0.2, 0.25) is 0 Å². The molecule has 154 valence electrons. The second-order valence-electron chi connectivity index (χ2n) is 7.35. The van der Waals surface area contributed by atoms with Crippen LogP contribution < -0.4 is 16.4 Å². The number of amides is 2. The maximum absolute atomic E-state index is 12.6. The summed E-state index contributed by atoms with van der Waals surface area (Å²) in [6.07, 6.45) is 0. The first kappa shape index (κ1) is 24.1. The van der Waals surface area contributed by atoms with Crippen molar-refractivity contribution in [2.45, 2.75) is 45.7 Å². The largest absolute Gasteiger partial charge is 0.352 e. The van der Waals surface area contributed by atoms with Crippen molar-refractivity contribution in [2.75, 3.05) is 6.54 Å². The summed E-state index contributed by atoms with van der Waals surface area (Å²) in [5.41, 5.74) is 8.45. The van der Waals surface area contributed by atoms with E-state index >= 15 is 0 Å². The van der Waals surface area contributed by atoms with Crippen molar-refractivity contribution < 1.29 is 9.59 Å². The predicted octanol–water partition coefficient (Wildman–Crippen LogP) is 3.86. The molecule has 28 heavy (non-hydrogen) atoms. The van der Waals surface area contributed by atoms with Gasteiger partial charge >= 0.3 is 0 Å². The molecule has 0 aliphatic carbocycles. The Morgan fingerprint density at radius 1 is 1.04 bits per heavy atom. The van der Waals surface area contributed by atoms with E-state index < -0.39 is 6.04 Å². The van der Waals surface area contributed by atoms with Crippen LogP contribution >= 0.6 is 23.7 Å². The molecule has 0 fully saturated rings. The fourth-order valence-corrected chi connectivity index (χ4v) is 3.35. The van der Waals surface area contributed by atoms with E-state index in [0.29, 0.717) is 17.3 Å². The SMILES string of the molecule is CC(C)c1ccc(C(N)CNC(=O)C(NC(=O)c2cccs2)C(C)C)cc1.Cl. The molecule has 0 saturated heterocycles. The van der Waals surface area contributed by atoms with Crippen molar-refractivity contribution in [1.82, 2.24) is 10.6 Å². The summed E-state index contributed by atoms with van der Waals surface area (Å²) in [4.78, 5) is 25.5. The predicted molar refractivity (Wildman–Crippen MR) is 118 cm³/mol. The van der Waals surface area contributed by atoms with Crippen molar-refractivity contribution >= 4 is 35.6 Å². The third kappa shape index (κ3) is 6.62. The van der Waals surface area contributed by atoms with E-state index in [9.17, 15) is 9.59 Å². The van der Waals surface area contributed by atoms with Crippen molar-refractivity contribution in [2.24, 2.45) is 11.7 Å². The van der Waals surface area contributed by atoms with E-state index in [0.717, 1.165) is 5.56 Å². The highest BCUT2D eigenvalue weighted by atomic mass is 35.5. The molecule has 2 atom stereocenters. The Balaban J connectivity index is 0.00000392. The summed E-state index contributed by atoms with van der Waals surface area (Å²) in [6, 6.07) is 10.8. The molecule has 7 heteroatoms. The van der Waals surface area contributed by atoms with Crippen LogP contribution in [0.4, 0.5) is 0 Å². The lowest BCUT2D eigenvalue weighted by Crippen LogP contribution is -2.50. The smallest absolute Gasteiger partial charge is 0.262 e. The Bertz CT molecular complexity index is 746. The van der Waals surface area contributed by atoms with Gasteiger partial charge in [-0.05, 0) is 34.4 Å². The third-order valence-electron chi connectivity index (χ3n) is 4.51. The topological polar surface area (TPSA) is 84.2 Å². The Labute approximate surface area is 177 Å². The lowest BCUT2D eigenvalue weighted by molar-refractivity contribution is -0.124. The van der Waals surface area contributed by atoms with Gasteiger partial charge in [0.1, 0.15) is 6.04 Å². The molecule has 0 spiro atoms. The van der Waals surface area contributed by atoms with Gasteiger partial charge in [-0.2, -0.15) is 0 Å². The Kier molecular flexibility index (Phi) is 9.65. The lowest BCUT2D eigenvalue weighted by atomic mass is 9.99. The Morgan fingerprint density at radius 2 is 1.64 bits per heavy atom. The van der Waals surface area contributed by atoms with Crippen LogP contribution in [0.25, 0.3) is 0 Å². The molecule has 4 N–H and O–H groups in total. The van der Waals surface area contributed by atoms with Crippen LogP contribution in [-0.2, 0) is 4.79 Å². The molecule has 1 aromatic carbocycles. The van der Waals surface area contributed by atoms with E-state index in [2.05, 4.69) is 36.6 Å². The number of carbonyl (C=O) groups is 2. The van der Waals surface area contributed by atoms with Gasteiger partial charge in [-0.3, -0.25) is 9.59 Å². The maximum atomic E-state index is 12.6. The highest BCUT2D eigenvalue weighted by Gasteiger charge is 2.25. The van der Waals surface area contributed by atoms with Crippen LogP contribution in [0.15, 0.2) is 41.8 Å². The Morgan fingerprint density at radius 3 is 2.14 bits per heavy atom. The fourth-order valence-electron chi connectivity index (χ4n) is 2.72. The van der Waals surface area contributed by atoms with Crippen LogP contribution in [0.3, 0.4) is 0 Å². The molecule has 0 bridgehead atoms. The van der Waals surface area contributed by atoms with Gasteiger partial charge in [0.15, 0.2) is 0 Å². The normalized spacial score (nSPS) is 13.0. The number of nitrogens with two attached hydrogens (primary N) is 1. The average molecular weight is 424 g/mol. The number of halogens is 1. The summed E-state index contributed by atoms with van der Waals surface area (Å²) in [5, 5.41) is 7.53. The van der Waals surface area contributed by atoms with Gasteiger partial charge in [0.2, 0.25) is 5.91 Å². The zero-order valence-electron chi connectivity index (χ0n) is 16.8. The van der Waals surface area contributed by atoms with Gasteiger partial charge in [-0.25, -0.2) is 0 Å². The molecule has 0 aliphatic heterocycles. The fraction of sp³-hybridized carbons (Fsp3) is 0.429. The molecule has 2 aromatic rings. The second kappa shape index (κ2) is 11.2. The summed E-state index contributed by atoms with van der Waals surface area (Å²) in [7, 11) is 0. The van der Waals surface area contributed by atoms with Crippen LogP contribution in [0.5, 0.6) is 0 Å². The van der Waals surface area contributed by atoms with Gasteiger partial charge in [-0.1, -0.05) is 58.0 Å². The summed E-state index contributed by atoms with van der Waals surface area (Å²) in [6.45, 7) is 8.42. The first-order chi connectivity index (χ1) is 12.8. The van der Waals surface area contributed by atoms with E-state index in [1.807, 2.05) is 37.4 Å². The van der Waals surface area contributed by atoms with Crippen molar-refractivity contribution in [3.8, 4) is 0 Å².